The van der Waals surface area contributed by atoms with Gasteiger partial charge < -0.3 is 14.7 Å². The van der Waals surface area contributed by atoms with E-state index in [4.69, 9.17) is 4.52 Å². The number of hydrogen-bond acceptors (Lipinski definition) is 5. The second-order valence-electron chi connectivity index (χ2n) is 6.07. The van der Waals surface area contributed by atoms with Gasteiger partial charge in [-0.1, -0.05) is 5.16 Å². The summed E-state index contributed by atoms with van der Waals surface area (Å²) in [7, 11) is 0. The van der Waals surface area contributed by atoms with E-state index in [0.29, 0.717) is 43.4 Å². The number of piperazine rings is 1. The van der Waals surface area contributed by atoms with E-state index in [9.17, 15) is 14.0 Å². The Morgan fingerprint density at radius 1 is 1.15 bits per heavy atom. The summed E-state index contributed by atoms with van der Waals surface area (Å²) >= 11 is 0. The first-order valence-corrected chi connectivity index (χ1v) is 8.26. The van der Waals surface area contributed by atoms with E-state index < -0.39 is 0 Å². The molecule has 138 valence electrons. The third kappa shape index (κ3) is 4.79. The Morgan fingerprint density at radius 2 is 1.85 bits per heavy atom. The highest BCUT2D eigenvalue weighted by molar-refractivity contribution is 5.92. The highest BCUT2D eigenvalue weighted by Gasteiger charge is 2.23. The molecule has 0 unspecified atom stereocenters. The van der Waals surface area contributed by atoms with Gasteiger partial charge in [0, 0.05) is 37.9 Å². The van der Waals surface area contributed by atoms with Crippen molar-refractivity contribution in [1.29, 1.82) is 0 Å². The van der Waals surface area contributed by atoms with Gasteiger partial charge in [0.25, 0.3) is 0 Å². The maximum absolute atomic E-state index is 12.9. The number of benzene rings is 1. The molecular formula is C17H20FN5O3. The zero-order valence-corrected chi connectivity index (χ0v) is 14.4. The minimum atomic E-state index is -0.349. The molecule has 0 saturated carbocycles. The maximum atomic E-state index is 12.9. The number of nitrogens with one attached hydrogen (secondary N) is 2. The van der Waals surface area contributed by atoms with Crippen molar-refractivity contribution in [3.8, 4) is 0 Å². The molecule has 9 heteroatoms. The van der Waals surface area contributed by atoms with E-state index in [1.54, 1.807) is 17.9 Å². The lowest BCUT2D eigenvalue weighted by molar-refractivity contribution is -0.117. The molecule has 1 fully saturated rings. The van der Waals surface area contributed by atoms with Gasteiger partial charge >= 0.3 is 6.03 Å². The molecule has 2 N–H and O–H groups in total. The lowest BCUT2D eigenvalue weighted by Gasteiger charge is -2.34. The van der Waals surface area contributed by atoms with Crippen LogP contribution in [0, 0.1) is 12.7 Å². The molecule has 1 aliphatic heterocycles. The van der Waals surface area contributed by atoms with Crippen LogP contribution in [0.3, 0.4) is 0 Å². The molecule has 0 radical (unpaired) electrons. The molecule has 2 aromatic rings. The highest BCUT2D eigenvalue weighted by atomic mass is 19.1. The normalized spacial score (nSPS) is 14.9. The van der Waals surface area contributed by atoms with Gasteiger partial charge in [-0.05, 0) is 31.2 Å². The number of rotatable bonds is 4. The minimum absolute atomic E-state index is 0.174. The number of anilines is 2. The smallest absolute Gasteiger partial charge is 0.323 e. The Kier molecular flexibility index (Phi) is 5.47. The van der Waals surface area contributed by atoms with Crippen LogP contribution in [0.4, 0.5) is 20.7 Å². The van der Waals surface area contributed by atoms with Crippen molar-refractivity contribution in [3.63, 3.8) is 0 Å². The lowest BCUT2D eigenvalue weighted by atomic mass is 10.3. The Morgan fingerprint density at radius 3 is 2.46 bits per heavy atom. The molecule has 0 bridgehead atoms. The first kappa shape index (κ1) is 17.9. The molecule has 8 nitrogen and oxygen atoms in total. The average molecular weight is 361 g/mol. The summed E-state index contributed by atoms with van der Waals surface area (Å²) in [5, 5.41) is 9.14. The van der Waals surface area contributed by atoms with Gasteiger partial charge in [-0.25, -0.2) is 9.18 Å². The molecule has 3 rings (SSSR count). The van der Waals surface area contributed by atoms with Gasteiger partial charge in [0.1, 0.15) is 11.6 Å². The zero-order chi connectivity index (χ0) is 18.5. The summed E-state index contributed by atoms with van der Waals surface area (Å²) in [4.78, 5) is 27.9. The van der Waals surface area contributed by atoms with Crippen LogP contribution in [-0.4, -0.2) is 59.6 Å². The van der Waals surface area contributed by atoms with E-state index in [0.717, 1.165) is 0 Å². The standard InChI is InChI=1S/C17H20FN5O3/c1-12-10-15(21-26-12)20-17(25)23-8-6-22(7-9-23)11-16(24)19-14-4-2-13(18)3-5-14/h2-5,10H,6-9,11H2,1H3,(H,19,24)(H,20,21,25). The van der Waals surface area contributed by atoms with E-state index >= 15 is 0 Å². The van der Waals surface area contributed by atoms with Gasteiger partial charge in [0.05, 0.1) is 6.54 Å². The fraction of sp³-hybridized carbons (Fsp3) is 0.353. The number of carbonyl (C=O) groups excluding carboxylic acids is 2. The Balaban J connectivity index is 1.42. The quantitative estimate of drug-likeness (QED) is 0.868. The number of aromatic nitrogens is 1. The largest absolute Gasteiger partial charge is 0.360 e. The third-order valence-corrected chi connectivity index (χ3v) is 4.02. The van der Waals surface area contributed by atoms with Crippen molar-refractivity contribution in [3.05, 3.63) is 41.9 Å². The number of carbonyl (C=O) groups is 2. The molecule has 0 aliphatic carbocycles. The van der Waals surface area contributed by atoms with Crippen molar-refractivity contribution in [2.75, 3.05) is 43.4 Å². The molecule has 2 heterocycles. The number of aryl methyl sites for hydroxylation is 1. The fourth-order valence-electron chi connectivity index (χ4n) is 2.66. The number of hydrogen-bond donors (Lipinski definition) is 2. The van der Waals surface area contributed by atoms with Crippen LogP contribution in [0.5, 0.6) is 0 Å². The van der Waals surface area contributed by atoms with Gasteiger partial charge in [0.15, 0.2) is 5.82 Å². The van der Waals surface area contributed by atoms with Gasteiger partial charge in [-0.3, -0.25) is 15.0 Å². The second kappa shape index (κ2) is 7.96. The van der Waals surface area contributed by atoms with Crippen LogP contribution in [0.1, 0.15) is 5.76 Å². The van der Waals surface area contributed by atoms with Crippen LogP contribution in [-0.2, 0) is 4.79 Å². The van der Waals surface area contributed by atoms with Crippen LogP contribution in [0.25, 0.3) is 0 Å². The molecule has 1 aliphatic rings. The second-order valence-corrected chi connectivity index (χ2v) is 6.07. The average Bonchev–Trinajstić information content (AvgIpc) is 3.02. The number of nitrogens with zero attached hydrogens (tertiary/aromatic N) is 3. The first-order valence-electron chi connectivity index (χ1n) is 8.26. The van der Waals surface area contributed by atoms with Crippen molar-refractivity contribution in [2.45, 2.75) is 6.92 Å². The van der Waals surface area contributed by atoms with E-state index in [1.807, 2.05) is 4.90 Å². The number of halogens is 1. The fourth-order valence-corrected chi connectivity index (χ4v) is 2.66. The molecule has 26 heavy (non-hydrogen) atoms. The van der Waals surface area contributed by atoms with Gasteiger partial charge in [-0.2, -0.15) is 0 Å². The molecule has 1 aromatic carbocycles. The molecular weight excluding hydrogens is 341 g/mol. The Bertz CT molecular complexity index is 769. The molecule has 0 spiro atoms. The van der Waals surface area contributed by atoms with Crippen LogP contribution in [0.2, 0.25) is 0 Å². The highest BCUT2D eigenvalue weighted by Crippen LogP contribution is 2.11. The van der Waals surface area contributed by atoms with Gasteiger partial charge in [-0.15, -0.1) is 0 Å². The van der Waals surface area contributed by atoms with Crippen molar-refractivity contribution < 1.29 is 18.5 Å². The van der Waals surface area contributed by atoms with Crippen LogP contribution >= 0.6 is 0 Å². The summed E-state index contributed by atoms with van der Waals surface area (Å²) in [6, 6.07) is 7.02. The van der Waals surface area contributed by atoms with E-state index in [-0.39, 0.29) is 24.3 Å². The van der Waals surface area contributed by atoms with Crippen LogP contribution < -0.4 is 10.6 Å². The predicted molar refractivity (Wildman–Crippen MR) is 93.3 cm³/mol. The van der Waals surface area contributed by atoms with Crippen LogP contribution in [0.15, 0.2) is 34.9 Å². The lowest BCUT2D eigenvalue weighted by Crippen LogP contribution is -2.51. The SMILES string of the molecule is Cc1cc(NC(=O)N2CCN(CC(=O)Nc3ccc(F)cc3)CC2)no1. The van der Waals surface area contributed by atoms with Crippen molar-refractivity contribution >= 4 is 23.4 Å². The van der Waals surface area contributed by atoms with Crippen molar-refractivity contribution in [1.82, 2.24) is 15.0 Å². The topological polar surface area (TPSA) is 90.7 Å². The zero-order valence-electron chi connectivity index (χ0n) is 14.4. The molecule has 0 atom stereocenters. The number of amides is 3. The molecule has 3 amide bonds. The van der Waals surface area contributed by atoms with E-state index in [1.165, 1.54) is 24.3 Å². The molecule has 1 aromatic heterocycles. The summed E-state index contributed by atoms with van der Waals surface area (Å²) in [6.07, 6.45) is 0. The summed E-state index contributed by atoms with van der Waals surface area (Å²) in [5.74, 6) is 0.483. The predicted octanol–water partition coefficient (Wildman–Crippen LogP) is 1.91. The van der Waals surface area contributed by atoms with Crippen molar-refractivity contribution in [2.24, 2.45) is 0 Å². The van der Waals surface area contributed by atoms with E-state index in [2.05, 4.69) is 15.8 Å². The van der Waals surface area contributed by atoms with Gasteiger partial charge in [0.2, 0.25) is 5.91 Å². The minimum Gasteiger partial charge on any atom is -0.360 e. The Labute approximate surface area is 149 Å². The third-order valence-electron chi connectivity index (χ3n) is 4.02. The first-order chi connectivity index (χ1) is 12.5. The summed E-state index contributed by atoms with van der Waals surface area (Å²) < 4.78 is 17.8. The summed E-state index contributed by atoms with van der Waals surface area (Å²) in [6.45, 7) is 4.15. The maximum Gasteiger partial charge on any atom is 0.323 e. The monoisotopic (exact) mass is 361 g/mol. The Hall–Kier alpha value is -2.94. The molecule has 1 saturated heterocycles. The summed E-state index contributed by atoms with van der Waals surface area (Å²) in [5.41, 5.74) is 0.553. The number of urea groups is 1.